The summed E-state index contributed by atoms with van der Waals surface area (Å²) in [4.78, 5) is 14.2. The summed E-state index contributed by atoms with van der Waals surface area (Å²) in [6, 6.07) is 7.48. The molecule has 1 aromatic carbocycles. The molecule has 0 fully saturated rings. The van der Waals surface area contributed by atoms with Crippen molar-refractivity contribution in [3.8, 4) is 0 Å². The van der Waals surface area contributed by atoms with Gasteiger partial charge in [-0.3, -0.25) is 0 Å². The molecule has 0 radical (unpaired) electrons. The van der Waals surface area contributed by atoms with E-state index in [-0.39, 0.29) is 0 Å². The number of rotatable bonds is 3. The van der Waals surface area contributed by atoms with E-state index in [2.05, 4.69) is 4.89 Å². The van der Waals surface area contributed by atoms with Crippen LogP contribution in [0.5, 0.6) is 0 Å². The summed E-state index contributed by atoms with van der Waals surface area (Å²) in [5.74, 6) is 0. The number of ether oxygens (including phenoxy) is 1. The Morgan fingerprint density at radius 3 is 2.94 bits per heavy atom. The van der Waals surface area contributed by atoms with E-state index in [1.54, 1.807) is 0 Å². The molecule has 2 atom stereocenters. The minimum atomic E-state index is -0.929. The van der Waals surface area contributed by atoms with Crippen molar-refractivity contribution in [2.45, 2.75) is 25.9 Å². The lowest BCUT2D eigenvalue weighted by atomic mass is 10.0. The highest BCUT2D eigenvalue weighted by Gasteiger charge is 2.26. The predicted molar refractivity (Wildman–Crippen MR) is 54.2 cm³/mol. The molecule has 88 valence electrons. The van der Waals surface area contributed by atoms with Crippen molar-refractivity contribution in [2.24, 2.45) is 0 Å². The summed E-state index contributed by atoms with van der Waals surface area (Å²) in [7, 11) is 0. The van der Waals surface area contributed by atoms with E-state index in [1.807, 2.05) is 31.2 Å². The van der Waals surface area contributed by atoms with E-state index in [9.17, 15) is 0 Å². The van der Waals surface area contributed by atoms with Gasteiger partial charge >= 0.3 is 0 Å². The lowest BCUT2D eigenvalue weighted by Crippen LogP contribution is -2.18. The summed E-state index contributed by atoms with van der Waals surface area (Å²) < 4.78 is 5.33. The standard InChI is InChI=1S/C11H14O5/c1-2-13-10-7-8-5-3-4-6-9(8)11(14-12)16-15-10/h3-6,10-12H,2,7H2,1H3. The Morgan fingerprint density at radius 1 is 1.38 bits per heavy atom. The molecule has 1 aliphatic rings. The van der Waals surface area contributed by atoms with E-state index < -0.39 is 12.6 Å². The first-order valence-corrected chi connectivity index (χ1v) is 5.17. The molecular weight excluding hydrogens is 212 g/mol. The zero-order valence-corrected chi connectivity index (χ0v) is 8.96. The molecule has 0 aliphatic carbocycles. The van der Waals surface area contributed by atoms with Crippen LogP contribution in [0.3, 0.4) is 0 Å². The van der Waals surface area contributed by atoms with Gasteiger partial charge in [0.05, 0.1) is 0 Å². The molecule has 1 N–H and O–H groups in total. The molecule has 0 aromatic heterocycles. The van der Waals surface area contributed by atoms with Crippen LogP contribution >= 0.6 is 0 Å². The normalized spacial score (nSPS) is 24.9. The Labute approximate surface area is 93.4 Å². The van der Waals surface area contributed by atoms with Crippen molar-refractivity contribution in [2.75, 3.05) is 6.61 Å². The van der Waals surface area contributed by atoms with Gasteiger partial charge in [0.1, 0.15) is 0 Å². The van der Waals surface area contributed by atoms with Crippen LogP contribution < -0.4 is 0 Å². The molecule has 0 saturated carbocycles. The number of hydrogen-bond acceptors (Lipinski definition) is 5. The van der Waals surface area contributed by atoms with Gasteiger partial charge in [-0.1, -0.05) is 24.3 Å². The molecule has 16 heavy (non-hydrogen) atoms. The fourth-order valence-corrected chi connectivity index (χ4v) is 1.67. The molecule has 0 bridgehead atoms. The average Bonchev–Trinajstić information content (AvgIpc) is 2.48. The van der Waals surface area contributed by atoms with E-state index in [4.69, 9.17) is 19.8 Å². The Bertz CT molecular complexity index is 341. The highest BCUT2D eigenvalue weighted by atomic mass is 17.3. The van der Waals surface area contributed by atoms with Gasteiger partial charge in [-0.05, 0) is 12.5 Å². The Morgan fingerprint density at radius 2 is 2.19 bits per heavy atom. The van der Waals surface area contributed by atoms with Gasteiger partial charge in [0.2, 0.25) is 6.29 Å². The van der Waals surface area contributed by atoms with Gasteiger partial charge < -0.3 is 4.74 Å². The van der Waals surface area contributed by atoms with E-state index in [0.29, 0.717) is 13.0 Å². The highest BCUT2D eigenvalue weighted by Crippen LogP contribution is 2.28. The van der Waals surface area contributed by atoms with E-state index >= 15 is 0 Å². The van der Waals surface area contributed by atoms with Crippen LogP contribution in [0.25, 0.3) is 0 Å². The first kappa shape index (κ1) is 11.5. The van der Waals surface area contributed by atoms with Crippen LogP contribution in [0.2, 0.25) is 0 Å². The Balaban J connectivity index is 2.23. The fourth-order valence-electron chi connectivity index (χ4n) is 1.67. The van der Waals surface area contributed by atoms with Crippen LogP contribution in [-0.2, 0) is 25.8 Å². The smallest absolute Gasteiger partial charge is 0.249 e. The molecule has 5 nitrogen and oxygen atoms in total. The average molecular weight is 226 g/mol. The molecule has 1 aromatic rings. The second kappa shape index (κ2) is 5.38. The third-order valence-electron chi connectivity index (χ3n) is 2.39. The monoisotopic (exact) mass is 226 g/mol. The zero-order chi connectivity index (χ0) is 11.4. The Hall–Kier alpha value is -0.980. The molecule has 5 heteroatoms. The quantitative estimate of drug-likeness (QED) is 0.631. The van der Waals surface area contributed by atoms with Crippen LogP contribution in [0, 0.1) is 0 Å². The largest absolute Gasteiger partial charge is 0.350 e. The van der Waals surface area contributed by atoms with Crippen molar-refractivity contribution in [3.05, 3.63) is 35.4 Å². The van der Waals surface area contributed by atoms with Crippen LogP contribution in [-0.4, -0.2) is 18.2 Å². The molecule has 0 saturated heterocycles. The predicted octanol–water partition coefficient (Wildman–Crippen LogP) is 2.04. The van der Waals surface area contributed by atoms with E-state index in [0.717, 1.165) is 11.1 Å². The SMILES string of the molecule is CCOC1Cc2ccccc2C(OO)OO1. The van der Waals surface area contributed by atoms with Crippen molar-refractivity contribution >= 4 is 0 Å². The number of hydrogen-bond donors (Lipinski definition) is 1. The fraction of sp³-hybridized carbons (Fsp3) is 0.455. The minimum absolute atomic E-state index is 0.480. The summed E-state index contributed by atoms with van der Waals surface area (Å²) in [6.45, 7) is 2.40. The Kier molecular flexibility index (Phi) is 3.87. The number of benzene rings is 1. The first-order valence-electron chi connectivity index (χ1n) is 5.17. The summed E-state index contributed by atoms with van der Waals surface area (Å²) in [6.07, 6.45) is -0.850. The maximum absolute atomic E-state index is 8.73. The molecule has 1 aliphatic heterocycles. The van der Waals surface area contributed by atoms with Gasteiger partial charge in [0, 0.05) is 18.6 Å². The van der Waals surface area contributed by atoms with Crippen molar-refractivity contribution in [3.63, 3.8) is 0 Å². The van der Waals surface area contributed by atoms with Crippen molar-refractivity contribution in [1.29, 1.82) is 0 Å². The van der Waals surface area contributed by atoms with Crippen LogP contribution in [0.4, 0.5) is 0 Å². The third-order valence-corrected chi connectivity index (χ3v) is 2.39. The minimum Gasteiger partial charge on any atom is -0.350 e. The lowest BCUT2D eigenvalue weighted by molar-refractivity contribution is -0.482. The molecule has 1 heterocycles. The molecule has 2 unspecified atom stereocenters. The molecular formula is C11H14O5. The molecule has 0 amide bonds. The van der Waals surface area contributed by atoms with Gasteiger partial charge in [0.15, 0.2) is 6.29 Å². The molecule has 2 rings (SSSR count). The number of fused-ring (bicyclic) bond motifs is 1. The maximum Gasteiger partial charge on any atom is 0.249 e. The summed E-state index contributed by atoms with van der Waals surface area (Å²) in [5.41, 5.74) is 1.71. The van der Waals surface area contributed by atoms with Crippen molar-refractivity contribution in [1.82, 2.24) is 0 Å². The second-order valence-electron chi connectivity index (χ2n) is 3.42. The van der Waals surface area contributed by atoms with Gasteiger partial charge in [-0.25, -0.2) is 10.1 Å². The first-order chi connectivity index (χ1) is 7.85. The second-order valence-corrected chi connectivity index (χ2v) is 3.42. The van der Waals surface area contributed by atoms with Gasteiger partial charge in [-0.15, -0.1) is 0 Å². The maximum atomic E-state index is 8.73. The topological polar surface area (TPSA) is 57.2 Å². The highest BCUT2D eigenvalue weighted by molar-refractivity contribution is 5.28. The van der Waals surface area contributed by atoms with Gasteiger partial charge in [-0.2, -0.15) is 9.78 Å². The molecule has 0 spiro atoms. The summed E-state index contributed by atoms with van der Waals surface area (Å²) >= 11 is 0. The van der Waals surface area contributed by atoms with Crippen LogP contribution in [0.1, 0.15) is 24.3 Å². The summed E-state index contributed by atoms with van der Waals surface area (Å²) in [5, 5.41) is 8.73. The van der Waals surface area contributed by atoms with E-state index in [1.165, 1.54) is 0 Å². The lowest BCUT2D eigenvalue weighted by Gasteiger charge is -2.13. The van der Waals surface area contributed by atoms with Crippen LogP contribution in [0.15, 0.2) is 24.3 Å². The third kappa shape index (κ3) is 2.40. The zero-order valence-electron chi connectivity index (χ0n) is 8.96. The van der Waals surface area contributed by atoms with Gasteiger partial charge in [0.25, 0.3) is 0 Å². The van der Waals surface area contributed by atoms with Crippen molar-refractivity contribution < 1.29 is 24.7 Å².